The number of nitrogens with one attached hydrogen (secondary N) is 2. The van der Waals surface area contributed by atoms with Gasteiger partial charge in [-0.15, -0.1) is 0 Å². The van der Waals surface area contributed by atoms with Gasteiger partial charge in [0.1, 0.15) is 0 Å². The summed E-state index contributed by atoms with van der Waals surface area (Å²) < 4.78 is 59.3. The van der Waals surface area contributed by atoms with Gasteiger partial charge in [-0.25, -0.2) is 17.9 Å². The van der Waals surface area contributed by atoms with Crippen LogP contribution in [0.25, 0.3) is 0 Å². The zero-order chi connectivity index (χ0) is 27.2. The van der Waals surface area contributed by atoms with Crippen molar-refractivity contribution >= 4 is 22.0 Å². The molecule has 1 saturated heterocycles. The topological polar surface area (TPSA) is 148 Å². The van der Waals surface area contributed by atoms with Crippen molar-refractivity contribution in [3.8, 4) is 28.7 Å². The molecular formula is C25H28N2O10S. The molecule has 2 aliphatic heterocycles. The molecule has 1 aliphatic carbocycles. The Morgan fingerprint density at radius 3 is 2.18 bits per heavy atom. The number of esters is 1. The van der Waals surface area contributed by atoms with Gasteiger partial charge < -0.3 is 33.7 Å². The highest BCUT2D eigenvalue weighted by Crippen LogP contribution is 2.55. The molecule has 0 unspecified atom stereocenters. The summed E-state index contributed by atoms with van der Waals surface area (Å²) in [6, 6.07) is 5.43. The first-order valence-corrected chi connectivity index (χ1v) is 13.6. The van der Waals surface area contributed by atoms with Gasteiger partial charge in [0.25, 0.3) is 0 Å². The molecule has 38 heavy (non-hydrogen) atoms. The summed E-state index contributed by atoms with van der Waals surface area (Å²) in [6.45, 7) is 1.48. The lowest BCUT2D eigenvalue weighted by atomic mass is 9.65. The van der Waals surface area contributed by atoms with Crippen LogP contribution in [0.2, 0.25) is 0 Å². The predicted octanol–water partition coefficient (Wildman–Crippen LogP) is 2.07. The molecule has 3 aliphatic rings. The normalized spacial score (nSPS) is 23.1. The summed E-state index contributed by atoms with van der Waals surface area (Å²) >= 11 is 0. The monoisotopic (exact) mass is 548 g/mol. The van der Waals surface area contributed by atoms with Crippen molar-refractivity contribution in [1.29, 1.82) is 0 Å². The first-order valence-electron chi connectivity index (χ1n) is 11.9. The lowest BCUT2D eigenvalue weighted by Crippen LogP contribution is -2.47. The molecule has 5 rings (SSSR count). The van der Waals surface area contributed by atoms with Crippen molar-refractivity contribution < 1.29 is 46.4 Å². The first kappa shape index (κ1) is 25.8. The van der Waals surface area contributed by atoms with Gasteiger partial charge in [0, 0.05) is 11.8 Å². The van der Waals surface area contributed by atoms with Crippen LogP contribution >= 0.6 is 0 Å². The summed E-state index contributed by atoms with van der Waals surface area (Å²) in [5.74, 6) is -0.260. The van der Waals surface area contributed by atoms with Crippen LogP contribution in [0, 0.1) is 11.8 Å². The second-order valence-corrected chi connectivity index (χ2v) is 11.1. The number of rotatable bonds is 7. The maximum atomic E-state index is 13.2. The quantitative estimate of drug-likeness (QED) is 0.493. The number of methoxy groups -OCH3 is 3. The maximum Gasteiger partial charge on any atom is 0.328 e. The van der Waals surface area contributed by atoms with E-state index in [-0.39, 0.29) is 19.2 Å². The Hall–Kier alpha value is -3.87. The van der Waals surface area contributed by atoms with Crippen LogP contribution in [-0.2, 0) is 19.6 Å². The smallest absolute Gasteiger partial charge is 0.328 e. The molecule has 0 aromatic heterocycles. The van der Waals surface area contributed by atoms with Crippen molar-refractivity contribution in [3.05, 3.63) is 41.0 Å². The Morgan fingerprint density at radius 1 is 0.974 bits per heavy atom. The van der Waals surface area contributed by atoms with Crippen molar-refractivity contribution in [1.82, 2.24) is 10.0 Å². The van der Waals surface area contributed by atoms with Crippen LogP contribution in [0.3, 0.4) is 0 Å². The number of cyclic esters (lactones) is 1. The molecule has 13 heteroatoms. The minimum Gasteiger partial charge on any atom is -0.493 e. The van der Waals surface area contributed by atoms with Gasteiger partial charge in [-0.3, -0.25) is 4.79 Å². The molecule has 0 spiro atoms. The zero-order valence-corrected chi connectivity index (χ0v) is 22.0. The largest absolute Gasteiger partial charge is 0.493 e. The van der Waals surface area contributed by atoms with Crippen molar-refractivity contribution in [2.24, 2.45) is 11.8 Å². The Balaban J connectivity index is 1.67. The molecule has 204 valence electrons. The van der Waals surface area contributed by atoms with Crippen LogP contribution in [0.5, 0.6) is 28.7 Å². The Morgan fingerprint density at radius 2 is 1.61 bits per heavy atom. The standard InChI is InChI=1S/C25H28N2O10S/c1-5-38(30,31)27-25(29)26-22-14-9-17-16(36-11-37-17)8-13(14)20(21-15(22)10-35-24(21)28)12-6-18(32-2)23(34-4)19(7-12)33-3/h6-9,15,20-22H,5,10-11H2,1-4H3,(H2,26,27,29)/t15-,20+,21-,22+/m0/s1. The summed E-state index contributed by atoms with van der Waals surface area (Å²) in [4.78, 5) is 25.9. The second-order valence-electron chi connectivity index (χ2n) is 9.05. The predicted molar refractivity (Wildman–Crippen MR) is 132 cm³/mol. The van der Waals surface area contributed by atoms with Gasteiger partial charge in [-0.2, -0.15) is 0 Å². The van der Waals surface area contributed by atoms with Crippen LogP contribution in [0.4, 0.5) is 4.79 Å². The van der Waals surface area contributed by atoms with E-state index in [1.54, 1.807) is 24.3 Å². The van der Waals surface area contributed by atoms with E-state index in [1.165, 1.54) is 28.3 Å². The van der Waals surface area contributed by atoms with Gasteiger partial charge in [0.05, 0.1) is 45.6 Å². The van der Waals surface area contributed by atoms with Gasteiger partial charge >= 0.3 is 12.0 Å². The fraction of sp³-hybridized carbons (Fsp3) is 0.440. The molecule has 0 radical (unpaired) electrons. The molecule has 2 aromatic rings. The number of fused-ring (bicyclic) bond motifs is 3. The summed E-state index contributed by atoms with van der Waals surface area (Å²) in [7, 11) is 0.698. The highest BCUT2D eigenvalue weighted by atomic mass is 32.2. The van der Waals surface area contributed by atoms with Crippen LogP contribution in [-0.4, -0.2) is 60.9 Å². The lowest BCUT2D eigenvalue weighted by molar-refractivity contribution is -0.141. The minimum absolute atomic E-state index is 0.0231. The van der Waals surface area contributed by atoms with E-state index >= 15 is 0 Å². The summed E-state index contributed by atoms with van der Waals surface area (Å²) in [5.41, 5.74) is 2.04. The van der Waals surface area contributed by atoms with Gasteiger partial charge in [-0.05, 0) is 47.9 Å². The number of hydrogen-bond donors (Lipinski definition) is 2. The second kappa shape index (κ2) is 9.78. The Labute approximate surface area is 219 Å². The van der Waals surface area contributed by atoms with E-state index in [0.29, 0.717) is 45.4 Å². The van der Waals surface area contributed by atoms with Crippen LogP contribution < -0.4 is 33.7 Å². The lowest BCUT2D eigenvalue weighted by Gasteiger charge is -2.39. The van der Waals surface area contributed by atoms with E-state index in [1.807, 2.05) is 4.72 Å². The highest BCUT2D eigenvalue weighted by molar-refractivity contribution is 7.90. The SMILES string of the molecule is CCS(=O)(=O)NC(=O)N[C@@H]1c2cc3c(cc2[C@@H](c2cc(OC)c(OC)c(OC)c2)[C@H]2C(=O)OC[C@@H]21)OCO3. The maximum absolute atomic E-state index is 13.2. The average Bonchev–Trinajstić information content (AvgIpc) is 3.52. The van der Waals surface area contributed by atoms with E-state index in [9.17, 15) is 18.0 Å². The molecule has 12 nitrogen and oxygen atoms in total. The van der Waals surface area contributed by atoms with Gasteiger partial charge in [-0.1, -0.05) is 0 Å². The van der Waals surface area contributed by atoms with Crippen molar-refractivity contribution in [2.45, 2.75) is 18.9 Å². The molecule has 0 bridgehead atoms. The third kappa shape index (κ3) is 4.30. The molecule has 1 fully saturated rings. The molecule has 2 N–H and O–H groups in total. The number of urea groups is 1. The van der Waals surface area contributed by atoms with Crippen LogP contribution in [0.1, 0.15) is 35.6 Å². The summed E-state index contributed by atoms with van der Waals surface area (Å²) in [5, 5.41) is 2.76. The molecule has 0 saturated carbocycles. The average molecular weight is 549 g/mol. The minimum atomic E-state index is -3.81. The third-order valence-electron chi connectivity index (χ3n) is 7.15. The molecule has 2 aromatic carbocycles. The van der Waals surface area contributed by atoms with Crippen LogP contribution in [0.15, 0.2) is 24.3 Å². The highest BCUT2D eigenvalue weighted by Gasteiger charge is 2.53. The Bertz CT molecular complexity index is 1370. The number of sulfonamides is 1. The molecule has 4 atom stereocenters. The third-order valence-corrected chi connectivity index (χ3v) is 8.40. The molecular weight excluding hydrogens is 520 g/mol. The first-order chi connectivity index (χ1) is 18.2. The number of amides is 2. The number of carbonyl (C=O) groups excluding carboxylic acids is 2. The van der Waals surface area contributed by atoms with E-state index < -0.39 is 45.8 Å². The number of ether oxygens (including phenoxy) is 6. The fourth-order valence-electron chi connectivity index (χ4n) is 5.41. The molecule has 2 heterocycles. The fourth-order valence-corrected chi connectivity index (χ4v) is 5.90. The Kier molecular flexibility index (Phi) is 6.63. The van der Waals surface area contributed by atoms with E-state index in [0.717, 1.165) is 0 Å². The van der Waals surface area contributed by atoms with Crippen molar-refractivity contribution in [2.75, 3.05) is 40.5 Å². The van der Waals surface area contributed by atoms with Crippen molar-refractivity contribution in [3.63, 3.8) is 0 Å². The van der Waals surface area contributed by atoms with Gasteiger partial charge in [0.2, 0.25) is 22.6 Å². The van der Waals surface area contributed by atoms with Gasteiger partial charge in [0.15, 0.2) is 23.0 Å². The number of hydrogen-bond acceptors (Lipinski definition) is 10. The number of carbonyl (C=O) groups is 2. The van der Waals surface area contributed by atoms with E-state index in [4.69, 9.17) is 28.4 Å². The number of benzene rings is 2. The van der Waals surface area contributed by atoms with E-state index in [2.05, 4.69) is 5.32 Å². The molecule has 2 amide bonds. The zero-order valence-electron chi connectivity index (χ0n) is 21.2. The summed E-state index contributed by atoms with van der Waals surface area (Å²) in [6.07, 6.45) is 0.